The number of rotatable bonds is 3. The molecule has 0 atom stereocenters. The van der Waals surface area contributed by atoms with E-state index in [9.17, 15) is 31.1 Å². The number of halogens is 6. The number of anilines is 1. The zero-order chi connectivity index (χ0) is 17.4. The number of hydrogen-bond donors (Lipinski definition) is 1. The summed E-state index contributed by atoms with van der Waals surface area (Å²) in [7, 11) is 0. The van der Waals surface area contributed by atoms with Crippen molar-refractivity contribution in [1.29, 1.82) is 0 Å². The number of carbonyl (C=O) groups excluding carboxylic acids is 1. The minimum atomic E-state index is -4.74. The molecule has 6 nitrogen and oxygen atoms in total. The van der Waals surface area contributed by atoms with Crippen molar-refractivity contribution in [2.45, 2.75) is 25.8 Å². The average Bonchev–Trinajstić information content (AvgIpc) is 2.96. The molecule has 126 valence electrons. The third-order valence-corrected chi connectivity index (χ3v) is 2.63. The van der Waals surface area contributed by atoms with E-state index in [4.69, 9.17) is 0 Å². The summed E-state index contributed by atoms with van der Waals surface area (Å²) in [6, 6.07) is 1.19. The summed E-state index contributed by atoms with van der Waals surface area (Å²) < 4.78 is 79.4. The highest BCUT2D eigenvalue weighted by Crippen LogP contribution is 2.30. The first-order chi connectivity index (χ1) is 10.5. The molecule has 2 rings (SSSR count). The van der Waals surface area contributed by atoms with Crippen LogP contribution in [0.3, 0.4) is 0 Å². The number of nitrogens with one attached hydrogen (secondary N) is 1. The van der Waals surface area contributed by atoms with E-state index in [1.165, 1.54) is 6.92 Å². The fraction of sp³-hybridized carbons (Fsp3) is 0.364. The van der Waals surface area contributed by atoms with Crippen molar-refractivity contribution in [1.82, 2.24) is 14.9 Å². The van der Waals surface area contributed by atoms with Gasteiger partial charge in [0.25, 0.3) is 0 Å². The van der Waals surface area contributed by atoms with Crippen LogP contribution >= 0.6 is 0 Å². The van der Waals surface area contributed by atoms with Gasteiger partial charge in [-0.05, 0) is 13.0 Å². The Hall–Kier alpha value is -2.53. The predicted octanol–water partition coefficient (Wildman–Crippen LogP) is 2.86. The maximum atomic E-state index is 12.5. The second-order valence-corrected chi connectivity index (χ2v) is 4.45. The molecule has 0 saturated heterocycles. The maximum Gasteiger partial charge on any atom is 0.436 e. The first-order valence-electron chi connectivity index (χ1n) is 5.92. The van der Waals surface area contributed by atoms with E-state index in [1.54, 1.807) is 0 Å². The first kappa shape index (κ1) is 16.8. The molecule has 0 unspecified atom stereocenters. The van der Waals surface area contributed by atoms with Crippen LogP contribution in [0.1, 0.15) is 17.1 Å². The lowest BCUT2D eigenvalue weighted by molar-refractivity contribution is -0.143. The highest BCUT2D eigenvalue weighted by atomic mass is 19.4. The molecule has 0 fully saturated rings. The lowest BCUT2D eigenvalue weighted by Gasteiger charge is -2.04. The molecule has 0 saturated carbocycles. The van der Waals surface area contributed by atoms with Gasteiger partial charge in [0, 0.05) is 11.8 Å². The van der Waals surface area contributed by atoms with Crippen LogP contribution < -0.4 is 5.32 Å². The zero-order valence-corrected chi connectivity index (χ0v) is 11.3. The van der Waals surface area contributed by atoms with E-state index in [-0.39, 0.29) is 5.69 Å². The number of nitrogens with zero attached hydrogens (tertiary/aromatic N) is 3. The van der Waals surface area contributed by atoms with Crippen molar-refractivity contribution in [3.63, 3.8) is 0 Å². The fourth-order valence-corrected chi connectivity index (χ4v) is 1.59. The van der Waals surface area contributed by atoms with Crippen LogP contribution in [-0.2, 0) is 23.7 Å². The Kier molecular flexibility index (Phi) is 4.09. The lowest BCUT2D eigenvalue weighted by Crippen LogP contribution is -2.20. The van der Waals surface area contributed by atoms with Crippen LogP contribution in [0.15, 0.2) is 16.7 Å². The molecule has 0 bridgehead atoms. The minimum absolute atomic E-state index is 0.0565. The molecule has 2 aromatic rings. The van der Waals surface area contributed by atoms with Gasteiger partial charge in [0.15, 0.2) is 11.4 Å². The van der Waals surface area contributed by atoms with Gasteiger partial charge in [0.05, 0.1) is 0 Å². The summed E-state index contributed by atoms with van der Waals surface area (Å²) >= 11 is 0. The minimum Gasteiger partial charge on any atom is -0.338 e. The number of aryl methyl sites for hydroxylation is 1. The average molecular weight is 342 g/mol. The Bertz CT molecular complexity index is 715. The monoisotopic (exact) mass is 342 g/mol. The largest absolute Gasteiger partial charge is 0.436 e. The van der Waals surface area contributed by atoms with Crippen molar-refractivity contribution in [2.24, 2.45) is 0 Å². The quantitative estimate of drug-likeness (QED) is 0.871. The molecule has 12 heteroatoms. The summed E-state index contributed by atoms with van der Waals surface area (Å²) in [4.78, 5) is 11.6. The number of aromatic nitrogens is 3. The predicted molar refractivity (Wildman–Crippen MR) is 62.1 cm³/mol. The second kappa shape index (κ2) is 5.59. The zero-order valence-electron chi connectivity index (χ0n) is 11.3. The van der Waals surface area contributed by atoms with Crippen molar-refractivity contribution in [3.8, 4) is 0 Å². The Morgan fingerprint density at radius 2 is 1.78 bits per heavy atom. The topological polar surface area (TPSA) is 73.0 Å². The van der Waals surface area contributed by atoms with Gasteiger partial charge in [-0.2, -0.15) is 31.4 Å². The Labute approximate surface area is 124 Å². The van der Waals surface area contributed by atoms with E-state index in [2.05, 4.69) is 14.8 Å². The molecule has 23 heavy (non-hydrogen) atoms. The molecule has 0 aliphatic rings. The molecule has 1 N–H and O–H groups in total. The summed E-state index contributed by atoms with van der Waals surface area (Å²) in [5.41, 5.74) is -2.47. The van der Waals surface area contributed by atoms with Crippen LogP contribution in [0.2, 0.25) is 0 Å². The maximum absolute atomic E-state index is 12.5. The molecular weight excluding hydrogens is 334 g/mol. The van der Waals surface area contributed by atoms with Crippen molar-refractivity contribution in [3.05, 3.63) is 29.2 Å². The highest BCUT2D eigenvalue weighted by Gasteiger charge is 2.36. The van der Waals surface area contributed by atoms with Crippen LogP contribution in [0, 0.1) is 6.92 Å². The lowest BCUT2D eigenvalue weighted by atomic mass is 10.3. The van der Waals surface area contributed by atoms with Crippen LogP contribution in [-0.4, -0.2) is 20.8 Å². The van der Waals surface area contributed by atoms with Gasteiger partial charge >= 0.3 is 12.4 Å². The van der Waals surface area contributed by atoms with E-state index < -0.39 is 42.1 Å². The van der Waals surface area contributed by atoms with Crippen molar-refractivity contribution < 1.29 is 35.7 Å². The van der Waals surface area contributed by atoms with Crippen LogP contribution in [0.5, 0.6) is 0 Å². The molecule has 1 amide bonds. The molecule has 0 aromatic carbocycles. The summed E-state index contributed by atoms with van der Waals surface area (Å²) in [5, 5.41) is 7.88. The highest BCUT2D eigenvalue weighted by molar-refractivity contribution is 5.89. The van der Waals surface area contributed by atoms with Gasteiger partial charge in [-0.3, -0.25) is 14.8 Å². The number of carbonyl (C=O) groups is 1. The van der Waals surface area contributed by atoms with Gasteiger partial charge in [0.1, 0.15) is 6.54 Å². The Morgan fingerprint density at radius 3 is 2.26 bits per heavy atom. The number of hydrogen-bond acceptors (Lipinski definition) is 4. The standard InChI is InChI=1S/C11H8F6N4O2/c1-5-2-6(10(12,13)14)19-21(5)4-8(22)18-9-3-7(20-23-9)11(15,16)17/h2-3H,4H2,1H3,(H,18,22). The van der Waals surface area contributed by atoms with E-state index in [0.29, 0.717) is 6.07 Å². The second-order valence-electron chi connectivity index (χ2n) is 4.45. The number of alkyl halides is 6. The summed E-state index contributed by atoms with van der Waals surface area (Å²) in [6.07, 6.45) is -9.41. The van der Waals surface area contributed by atoms with Crippen molar-refractivity contribution in [2.75, 3.05) is 5.32 Å². The summed E-state index contributed by atoms with van der Waals surface area (Å²) in [6.45, 7) is 0.662. The number of amides is 1. The Morgan fingerprint density at radius 1 is 1.17 bits per heavy atom. The SMILES string of the molecule is Cc1cc(C(F)(F)F)nn1CC(=O)Nc1cc(C(F)(F)F)no1. The molecule has 0 radical (unpaired) electrons. The van der Waals surface area contributed by atoms with Gasteiger partial charge in [0.2, 0.25) is 11.8 Å². The Balaban J connectivity index is 2.06. The third-order valence-electron chi connectivity index (χ3n) is 2.63. The fourth-order valence-electron chi connectivity index (χ4n) is 1.59. The van der Waals surface area contributed by atoms with E-state index >= 15 is 0 Å². The smallest absolute Gasteiger partial charge is 0.338 e. The van der Waals surface area contributed by atoms with Gasteiger partial charge in [-0.15, -0.1) is 0 Å². The summed E-state index contributed by atoms with van der Waals surface area (Å²) in [5.74, 6) is -1.50. The van der Waals surface area contributed by atoms with Gasteiger partial charge < -0.3 is 4.52 Å². The van der Waals surface area contributed by atoms with Crippen LogP contribution in [0.4, 0.5) is 32.2 Å². The van der Waals surface area contributed by atoms with E-state index in [1.807, 2.05) is 5.32 Å². The van der Waals surface area contributed by atoms with Gasteiger partial charge in [-0.1, -0.05) is 5.16 Å². The van der Waals surface area contributed by atoms with Crippen LogP contribution in [0.25, 0.3) is 0 Å². The molecule has 0 spiro atoms. The molecule has 0 aliphatic carbocycles. The molecule has 0 aliphatic heterocycles. The van der Waals surface area contributed by atoms with E-state index in [0.717, 1.165) is 10.7 Å². The first-order valence-corrected chi connectivity index (χ1v) is 5.92. The molecular formula is C11H8F6N4O2. The molecule has 2 aromatic heterocycles. The van der Waals surface area contributed by atoms with Crippen molar-refractivity contribution >= 4 is 11.8 Å². The third kappa shape index (κ3) is 4.02. The molecule has 2 heterocycles. The normalized spacial score (nSPS) is 12.5. The van der Waals surface area contributed by atoms with Gasteiger partial charge in [-0.25, -0.2) is 0 Å².